The first-order chi connectivity index (χ1) is 7.29. The topological polar surface area (TPSA) is 47.6 Å². The van der Waals surface area contributed by atoms with Gasteiger partial charge in [0.2, 0.25) is 0 Å². The SMILES string of the molecule is CC(=O)OCCCOCC1CCCNC1. The summed E-state index contributed by atoms with van der Waals surface area (Å²) in [7, 11) is 0. The minimum atomic E-state index is -0.216. The molecule has 4 heteroatoms. The molecule has 1 rings (SSSR count). The molecule has 4 nitrogen and oxygen atoms in total. The molecule has 0 aliphatic carbocycles. The summed E-state index contributed by atoms with van der Waals surface area (Å²) in [4.78, 5) is 10.5. The van der Waals surface area contributed by atoms with Gasteiger partial charge in [-0.3, -0.25) is 4.79 Å². The third-order valence-corrected chi connectivity index (χ3v) is 2.49. The maximum absolute atomic E-state index is 10.5. The van der Waals surface area contributed by atoms with E-state index in [2.05, 4.69) is 5.32 Å². The predicted octanol–water partition coefficient (Wildman–Crippen LogP) is 0.956. The average molecular weight is 215 g/mol. The normalized spacial score (nSPS) is 21.3. The highest BCUT2D eigenvalue weighted by atomic mass is 16.5. The van der Waals surface area contributed by atoms with Gasteiger partial charge in [0.15, 0.2) is 0 Å². The Bertz CT molecular complexity index is 179. The van der Waals surface area contributed by atoms with Crippen molar-refractivity contribution in [2.45, 2.75) is 26.2 Å². The highest BCUT2D eigenvalue weighted by Gasteiger charge is 2.12. The maximum atomic E-state index is 10.5. The Morgan fingerprint density at radius 3 is 3.00 bits per heavy atom. The Morgan fingerprint density at radius 1 is 1.47 bits per heavy atom. The second-order valence-electron chi connectivity index (χ2n) is 3.98. The molecule has 15 heavy (non-hydrogen) atoms. The lowest BCUT2D eigenvalue weighted by atomic mass is 10.0. The summed E-state index contributed by atoms with van der Waals surface area (Å²) in [5.74, 6) is 0.443. The molecule has 0 aromatic carbocycles. The number of carbonyl (C=O) groups excluding carboxylic acids is 1. The molecule has 1 unspecified atom stereocenters. The molecule has 1 N–H and O–H groups in total. The summed E-state index contributed by atoms with van der Waals surface area (Å²) in [6.07, 6.45) is 3.30. The predicted molar refractivity (Wildman–Crippen MR) is 57.7 cm³/mol. The van der Waals surface area contributed by atoms with E-state index in [1.807, 2.05) is 0 Å². The number of carbonyl (C=O) groups is 1. The largest absolute Gasteiger partial charge is 0.466 e. The molecular formula is C11H21NO3. The Kier molecular flexibility index (Phi) is 6.36. The molecular weight excluding hydrogens is 194 g/mol. The molecule has 0 radical (unpaired) electrons. The van der Waals surface area contributed by atoms with Gasteiger partial charge in [-0.25, -0.2) is 0 Å². The molecule has 0 bridgehead atoms. The fourth-order valence-electron chi connectivity index (χ4n) is 1.69. The number of hydrogen-bond donors (Lipinski definition) is 1. The standard InChI is InChI=1S/C11H21NO3/c1-10(13)15-7-3-6-14-9-11-4-2-5-12-8-11/h11-12H,2-9H2,1H3. The van der Waals surface area contributed by atoms with Gasteiger partial charge >= 0.3 is 5.97 Å². The first-order valence-electron chi connectivity index (χ1n) is 5.71. The molecule has 1 aliphatic rings. The van der Waals surface area contributed by atoms with Crippen LogP contribution in [0.5, 0.6) is 0 Å². The summed E-state index contributed by atoms with van der Waals surface area (Å²) >= 11 is 0. The van der Waals surface area contributed by atoms with Gasteiger partial charge in [0, 0.05) is 26.5 Å². The van der Waals surface area contributed by atoms with Crippen LogP contribution in [-0.4, -0.2) is 38.9 Å². The van der Waals surface area contributed by atoms with Crippen molar-refractivity contribution in [3.8, 4) is 0 Å². The van der Waals surface area contributed by atoms with Crippen LogP contribution < -0.4 is 5.32 Å². The number of nitrogens with one attached hydrogen (secondary N) is 1. The van der Waals surface area contributed by atoms with Gasteiger partial charge in [-0.15, -0.1) is 0 Å². The minimum Gasteiger partial charge on any atom is -0.466 e. The van der Waals surface area contributed by atoms with E-state index in [-0.39, 0.29) is 5.97 Å². The quantitative estimate of drug-likeness (QED) is 0.529. The summed E-state index contributed by atoms with van der Waals surface area (Å²) in [6.45, 7) is 5.62. The lowest BCUT2D eigenvalue weighted by molar-refractivity contribution is -0.141. The Morgan fingerprint density at radius 2 is 2.33 bits per heavy atom. The first-order valence-corrected chi connectivity index (χ1v) is 5.71. The van der Waals surface area contributed by atoms with Gasteiger partial charge in [-0.1, -0.05) is 0 Å². The molecule has 0 amide bonds. The van der Waals surface area contributed by atoms with Crippen molar-refractivity contribution in [3.63, 3.8) is 0 Å². The van der Waals surface area contributed by atoms with E-state index in [0.717, 1.165) is 26.1 Å². The van der Waals surface area contributed by atoms with Crippen LogP contribution >= 0.6 is 0 Å². The molecule has 1 saturated heterocycles. The third kappa shape index (κ3) is 6.47. The van der Waals surface area contributed by atoms with E-state index in [0.29, 0.717) is 19.1 Å². The first kappa shape index (κ1) is 12.5. The average Bonchev–Trinajstić information content (AvgIpc) is 2.24. The van der Waals surface area contributed by atoms with E-state index in [1.54, 1.807) is 0 Å². The van der Waals surface area contributed by atoms with Crippen LogP contribution in [0.15, 0.2) is 0 Å². The van der Waals surface area contributed by atoms with E-state index in [1.165, 1.54) is 19.8 Å². The van der Waals surface area contributed by atoms with Crippen molar-refractivity contribution in [2.75, 3.05) is 32.9 Å². The number of esters is 1. The van der Waals surface area contributed by atoms with Gasteiger partial charge in [0.25, 0.3) is 0 Å². The van der Waals surface area contributed by atoms with Crippen LogP contribution in [0.3, 0.4) is 0 Å². The second kappa shape index (κ2) is 7.65. The monoisotopic (exact) mass is 215 g/mol. The van der Waals surface area contributed by atoms with Gasteiger partial charge < -0.3 is 14.8 Å². The molecule has 1 atom stereocenters. The van der Waals surface area contributed by atoms with E-state index < -0.39 is 0 Å². The van der Waals surface area contributed by atoms with Crippen molar-refractivity contribution in [2.24, 2.45) is 5.92 Å². The van der Waals surface area contributed by atoms with E-state index >= 15 is 0 Å². The van der Waals surface area contributed by atoms with Crippen LogP contribution in [0.25, 0.3) is 0 Å². The van der Waals surface area contributed by atoms with E-state index in [9.17, 15) is 4.79 Å². The molecule has 0 aromatic rings. The number of ether oxygens (including phenoxy) is 2. The summed E-state index contributed by atoms with van der Waals surface area (Å²) in [6, 6.07) is 0. The summed E-state index contributed by atoms with van der Waals surface area (Å²) in [5, 5.41) is 3.35. The van der Waals surface area contributed by atoms with Crippen molar-refractivity contribution < 1.29 is 14.3 Å². The zero-order valence-corrected chi connectivity index (χ0v) is 9.46. The van der Waals surface area contributed by atoms with Crippen LogP contribution in [0, 0.1) is 5.92 Å². The Hall–Kier alpha value is -0.610. The second-order valence-corrected chi connectivity index (χ2v) is 3.98. The lowest BCUT2D eigenvalue weighted by Crippen LogP contribution is -2.32. The van der Waals surface area contributed by atoms with E-state index in [4.69, 9.17) is 9.47 Å². The van der Waals surface area contributed by atoms with Gasteiger partial charge in [0.05, 0.1) is 13.2 Å². The van der Waals surface area contributed by atoms with Crippen LogP contribution in [0.1, 0.15) is 26.2 Å². The molecule has 0 saturated carbocycles. The van der Waals surface area contributed by atoms with Crippen molar-refractivity contribution in [1.29, 1.82) is 0 Å². The Labute approximate surface area is 91.3 Å². The van der Waals surface area contributed by atoms with Crippen molar-refractivity contribution >= 4 is 5.97 Å². The Balaban J connectivity index is 1.85. The molecule has 0 spiro atoms. The van der Waals surface area contributed by atoms with Gasteiger partial charge in [-0.05, 0) is 25.3 Å². The van der Waals surface area contributed by atoms with Gasteiger partial charge in [0.1, 0.15) is 0 Å². The minimum absolute atomic E-state index is 0.216. The molecule has 0 aromatic heterocycles. The number of hydrogen-bond acceptors (Lipinski definition) is 4. The zero-order valence-electron chi connectivity index (χ0n) is 9.46. The van der Waals surface area contributed by atoms with Crippen molar-refractivity contribution in [1.82, 2.24) is 5.32 Å². The fourth-order valence-corrected chi connectivity index (χ4v) is 1.69. The molecule has 1 aliphatic heterocycles. The highest BCUT2D eigenvalue weighted by Crippen LogP contribution is 2.09. The van der Waals surface area contributed by atoms with Crippen LogP contribution in [0.4, 0.5) is 0 Å². The smallest absolute Gasteiger partial charge is 0.302 e. The van der Waals surface area contributed by atoms with Crippen LogP contribution in [-0.2, 0) is 14.3 Å². The van der Waals surface area contributed by atoms with Crippen molar-refractivity contribution in [3.05, 3.63) is 0 Å². The summed E-state index contributed by atoms with van der Waals surface area (Å²) < 4.78 is 10.3. The van der Waals surface area contributed by atoms with Crippen LogP contribution in [0.2, 0.25) is 0 Å². The number of rotatable bonds is 6. The summed E-state index contributed by atoms with van der Waals surface area (Å²) in [5.41, 5.74) is 0. The molecule has 1 heterocycles. The molecule has 1 fully saturated rings. The lowest BCUT2D eigenvalue weighted by Gasteiger charge is -2.22. The maximum Gasteiger partial charge on any atom is 0.302 e. The highest BCUT2D eigenvalue weighted by molar-refractivity contribution is 5.65. The fraction of sp³-hybridized carbons (Fsp3) is 0.909. The zero-order chi connectivity index (χ0) is 10.9. The third-order valence-electron chi connectivity index (χ3n) is 2.49. The van der Waals surface area contributed by atoms with Gasteiger partial charge in [-0.2, -0.15) is 0 Å². The molecule has 88 valence electrons. The number of piperidine rings is 1.